The first-order valence-corrected chi connectivity index (χ1v) is 6.90. The smallest absolute Gasteiger partial charge is 0.290 e. The zero-order valence-electron chi connectivity index (χ0n) is 12.4. The summed E-state index contributed by atoms with van der Waals surface area (Å²) in [4.78, 5) is 23.4. The molecule has 3 N–H and O–H groups in total. The van der Waals surface area contributed by atoms with E-state index in [0.717, 1.165) is 0 Å². The molecule has 2 rings (SSSR count). The van der Waals surface area contributed by atoms with E-state index in [1.54, 1.807) is 26.0 Å². The van der Waals surface area contributed by atoms with Gasteiger partial charge in [-0.1, -0.05) is 32.0 Å². The van der Waals surface area contributed by atoms with Crippen LogP contribution in [0.25, 0.3) is 0 Å². The first kappa shape index (κ1) is 15.6. The molecule has 0 saturated heterocycles. The van der Waals surface area contributed by atoms with Crippen molar-refractivity contribution in [3.8, 4) is 11.7 Å². The molecule has 6 heteroatoms. The van der Waals surface area contributed by atoms with E-state index in [-0.39, 0.29) is 17.6 Å². The Labute approximate surface area is 128 Å². The number of carbonyl (C=O) groups excluding carboxylic acids is 2. The van der Waals surface area contributed by atoms with Crippen molar-refractivity contribution in [3.63, 3.8) is 0 Å². The van der Waals surface area contributed by atoms with E-state index in [2.05, 4.69) is 5.32 Å². The van der Waals surface area contributed by atoms with Crippen LogP contribution in [0.4, 0.5) is 0 Å². The summed E-state index contributed by atoms with van der Waals surface area (Å²) < 4.78 is 10.8. The highest BCUT2D eigenvalue weighted by molar-refractivity contribution is 5.95. The summed E-state index contributed by atoms with van der Waals surface area (Å²) in [5.41, 5.74) is 5.26. The minimum absolute atomic E-state index is 0.0535. The van der Waals surface area contributed by atoms with E-state index in [0.29, 0.717) is 5.75 Å². The number of ether oxygens (including phenoxy) is 1. The van der Waals surface area contributed by atoms with Gasteiger partial charge in [-0.05, 0) is 24.1 Å². The standard InChI is InChI=1S/C16H18N2O4/c1-10(2)14(15(17)19)18-16(20)12-8-9-13(22-12)21-11-6-4-3-5-7-11/h3-10,14H,1-2H3,(H2,17,19)(H,18,20)/t14-/m0/s1. The lowest BCUT2D eigenvalue weighted by molar-refractivity contribution is -0.120. The molecule has 1 aromatic carbocycles. The molecule has 0 aliphatic carbocycles. The van der Waals surface area contributed by atoms with Crippen LogP contribution in [0.5, 0.6) is 11.7 Å². The normalized spacial score (nSPS) is 12.0. The van der Waals surface area contributed by atoms with Gasteiger partial charge in [0.05, 0.1) is 0 Å². The third-order valence-electron chi connectivity index (χ3n) is 3.03. The Bertz CT molecular complexity index is 649. The predicted molar refractivity (Wildman–Crippen MR) is 80.5 cm³/mol. The van der Waals surface area contributed by atoms with Crippen LogP contribution >= 0.6 is 0 Å². The largest absolute Gasteiger partial charge is 0.426 e. The highest BCUT2D eigenvalue weighted by Crippen LogP contribution is 2.23. The lowest BCUT2D eigenvalue weighted by Gasteiger charge is -2.17. The average molecular weight is 302 g/mol. The van der Waals surface area contributed by atoms with Crippen molar-refractivity contribution in [1.29, 1.82) is 0 Å². The molecular formula is C16H18N2O4. The SMILES string of the molecule is CC(C)[C@H](NC(=O)c1ccc(Oc2ccccc2)o1)C(N)=O. The lowest BCUT2D eigenvalue weighted by Crippen LogP contribution is -2.47. The van der Waals surface area contributed by atoms with Crippen molar-refractivity contribution in [2.24, 2.45) is 11.7 Å². The van der Waals surface area contributed by atoms with Crippen molar-refractivity contribution in [3.05, 3.63) is 48.2 Å². The fourth-order valence-electron chi connectivity index (χ4n) is 1.88. The Kier molecular flexibility index (Phi) is 4.83. The van der Waals surface area contributed by atoms with Crippen LogP contribution in [0, 0.1) is 5.92 Å². The maximum atomic E-state index is 12.1. The van der Waals surface area contributed by atoms with Gasteiger partial charge in [0.2, 0.25) is 5.91 Å². The summed E-state index contributed by atoms with van der Waals surface area (Å²) in [6.07, 6.45) is 0. The molecule has 0 radical (unpaired) electrons. The Balaban J connectivity index is 2.04. The number of hydrogen-bond donors (Lipinski definition) is 2. The topological polar surface area (TPSA) is 94.6 Å². The molecule has 0 saturated carbocycles. The van der Waals surface area contributed by atoms with Crippen LogP contribution in [-0.4, -0.2) is 17.9 Å². The molecule has 1 aromatic heterocycles. The van der Waals surface area contributed by atoms with Crippen LogP contribution in [0.1, 0.15) is 24.4 Å². The van der Waals surface area contributed by atoms with Crippen LogP contribution in [-0.2, 0) is 4.79 Å². The van der Waals surface area contributed by atoms with Gasteiger partial charge in [-0.25, -0.2) is 0 Å². The number of carbonyl (C=O) groups is 2. The van der Waals surface area contributed by atoms with Gasteiger partial charge in [-0.2, -0.15) is 0 Å². The Morgan fingerprint density at radius 1 is 1.14 bits per heavy atom. The third-order valence-corrected chi connectivity index (χ3v) is 3.03. The number of benzene rings is 1. The summed E-state index contributed by atoms with van der Waals surface area (Å²) in [6, 6.07) is 11.3. The second-order valence-corrected chi connectivity index (χ2v) is 5.13. The van der Waals surface area contributed by atoms with Crippen LogP contribution in [0.15, 0.2) is 46.9 Å². The number of hydrogen-bond acceptors (Lipinski definition) is 4. The van der Waals surface area contributed by atoms with E-state index in [4.69, 9.17) is 14.9 Å². The summed E-state index contributed by atoms with van der Waals surface area (Å²) in [5.74, 6) is -0.372. The summed E-state index contributed by atoms with van der Waals surface area (Å²) in [6.45, 7) is 3.59. The second kappa shape index (κ2) is 6.80. The van der Waals surface area contributed by atoms with Gasteiger partial charge in [-0.3, -0.25) is 9.59 Å². The van der Waals surface area contributed by atoms with E-state index in [9.17, 15) is 9.59 Å². The second-order valence-electron chi connectivity index (χ2n) is 5.13. The summed E-state index contributed by atoms with van der Waals surface area (Å²) in [7, 11) is 0. The van der Waals surface area contributed by atoms with Gasteiger partial charge in [0.15, 0.2) is 5.76 Å². The van der Waals surface area contributed by atoms with Crippen molar-refractivity contribution >= 4 is 11.8 Å². The number of rotatable bonds is 6. The zero-order chi connectivity index (χ0) is 16.1. The summed E-state index contributed by atoms with van der Waals surface area (Å²) >= 11 is 0. The Morgan fingerprint density at radius 2 is 1.82 bits per heavy atom. The first-order chi connectivity index (χ1) is 10.5. The minimum Gasteiger partial charge on any atom is -0.426 e. The molecule has 0 fully saturated rings. The molecule has 0 aliphatic heterocycles. The molecule has 0 bridgehead atoms. The maximum absolute atomic E-state index is 12.1. The van der Waals surface area contributed by atoms with Crippen molar-refractivity contribution in [1.82, 2.24) is 5.32 Å². The van der Waals surface area contributed by atoms with E-state index >= 15 is 0 Å². The van der Waals surface area contributed by atoms with Crippen molar-refractivity contribution in [2.45, 2.75) is 19.9 Å². The number of nitrogens with two attached hydrogens (primary N) is 1. The molecule has 1 atom stereocenters. The number of furan rings is 1. The minimum atomic E-state index is -0.754. The number of amides is 2. The van der Waals surface area contributed by atoms with Gasteiger partial charge < -0.3 is 20.2 Å². The predicted octanol–water partition coefficient (Wildman–Crippen LogP) is 2.31. The monoisotopic (exact) mass is 302 g/mol. The van der Waals surface area contributed by atoms with Crippen molar-refractivity contribution in [2.75, 3.05) is 0 Å². The molecule has 0 unspecified atom stereocenters. The molecule has 22 heavy (non-hydrogen) atoms. The van der Waals surface area contributed by atoms with E-state index < -0.39 is 17.9 Å². The number of nitrogens with one attached hydrogen (secondary N) is 1. The van der Waals surface area contributed by atoms with Crippen LogP contribution < -0.4 is 15.8 Å². The number of para-hydroxylation sites is 1. The Morgan fingerprint density at radius 3 is 2.41 bits per heavy atom. The van der Waals surface area contributed by atoms with Gasteiger partial charge in [0, 0.05) is 6.07 Å². The van der Waals surface area contributed by atoms with Crippen LogP contribution in [0.2, 0.25) is 0 Å². The third kappa shape index (κ3) is 3.88. The molecule has 0 spiro atoms. The fraction of sp³-hybridized carbons (Fsp3) is 0.250. The van der Waals surface area contributed by atoms with Crippen LogP contribution in [0.3, 0.4) is 0 Å². The van der Waals surface area contributed by atoms with Gasteiger partial charge in [0.1, 0.15) is 11.8 Å². The quantitative estimate of drug-likeness (QED) is 0.856. The first-order valence-electron chi connectivity index (χ1n) is 6.90. The Hall–Kier alpha value is -2.76. The van der Waals surface area contributed by atoms with Crippen molar-refractivity contribution < 1.29 is 18.7 Å². The summed E-state index contributed by atoms with van der Waals surface area (Å²) in [5, 5.41) is 2.55. The highest BCUT2D eigenvalue weighted by Gasteiger charge is 2.23. The molecule has 0 aliphatic rings. The average Bonchev–Trinajstić information content (AvgIpc) is 2.93. The van der Waals surface area contributed by atoms with E-state index in [1.807, 2.05) is 18.2 Å². The van der Waals surface area contributed by atoms with Gasteiger partial charge in [0.25, 0.3) is 11.9 Å². The number of primary amides is 1. The van der Waals surface area contributed by atoms with Gasteiger partial charge >= 0.3 is 0 Å². The lowest BCUT2D eigenvalue weighted by atomic mass is 10.0. The molecular weight excluding hydrogens is 284 g/mol. The molecule has 2 aromatic rings. The zero-order valence-corrected chi connectivity index (χ0v) is 12.4. The highest BCUT2D eigenvalue weighted by atomic mass is 16.6. The van der Waals surface area contributed by atoms with Gasteiger partial charge in [-0.15, -0.1) is 0 Å². The molecule has 116 valence electrons. The fourth-order valence-corrected chi connectivity index (χ4v) is 1.88. The molecule has 2 amide bonds. The molecule has 6 nitrogen and oxygen atoms in total. The molecule has 1 heterocycles. The maximum Gasteiger partial charge on any atom is 0.290 e. The van der Waals surface area contributed by atoms with E-state index in [1.165, 1.54) is 12.1 Å².